The van der Waals surface area contributed by atoms with Crippen LogP contribution in [0.4, 0.5) is 0 Å². The third-order valence-corrected chi connectivity index (χ3v) is 2.89. The first-order chi connectivity index (χ1) is 8.19. The van der Waals surface area contributed by atoms with Crippen molar-refractivity contribution >= 4 is 33.8 Å². The molecule has 0 aliphatic carbocycles. The first-order valence-electron chi connectivity index (χ1n) is 4.87. The van der Waals surface area contributed by atoms with Gasteiger partial charge in [0.25, 0.3) is 0 Å². The fourth-order valence-electron chi connectivity index (χ4n) is 1.33. The number of halogens is 2. The minimum absolute atomic E-state index is 0.495. The van der Waals surface area contributed by atoms with Gasteiger partial charge in [0.05, 0.1) is 5.56 Å². The zero-order valence-electron chi connectivity index (χ0n) is 8.69. The standard InChI is InChI=1S/C13H8BrClO2/c14-10-1-6-13(9(7-10)8-16)17-12-4-2-11(15)3-5-12/h1-8H. The maximum atomic E-state index is 10.9. The average molecular weight is 312 g/mol. The van der Waals surface area contributed by atoms with Gasteiger partial charge in [0.2, 0.25) is 0 Å². The maximum absolute atomic E-state index is 10.9. The highest BCUT2D eigenvalue weighted by molar-refractivity contribution is 9.10. The van der Waals surface area contributed by atoms with Crippen LogP contribution in [-0.2, 0) is 0 Å². The van der Waals surface area contributed by atoms with E-state index in [0.717, 1.165) is 10.8 Å². The van der Waals surface area contributed by atoms with Gasteiger partial charge >= 0.3 is 0 Å². The quantitative estimate of drug-likeness (QED) is 0.768. The minimum Gasteiger partial charge on any atom is -0.457 e. The molecule has 2 aromatic carbocycles. The molecule has 2 aromatic rings. The first kappa shape index (κ1) is 12.1. The van der Waals surface area contributed by atoms with Crippen molar-refractivity contribution in [3.63, 3.8) is 0 Å². The van der Waals surface area contributed by atoms with E-state index in [-0.39, 0.29) is 0 Å². The van der Waals surface area contributed by atoms with E-state index in [4.69, 9.17) is 16.3 Å². The van der Waals surface area contributed by atoms with E-state index in [1.807, 2.05) is 6.07 Å². The van der Waals surface area contributed by atoms with Gasteiger partial charge in [-0.15, -0.1) is 0 Å². The number of rotatable bonds is 3. The van der Waals surface area contributed by atoms with Crippen LogP contribution in [0.25, 0.3) is 0 Å². The first-order valence-corrected chi connectivity index (χ1v) is 6.04. The molecule has 0 heterocycles. The van der Waals surface area contributed by atoms with Gasteiger partial charge in [-0.05, 0) is 42.5 Å². The summed E-state index contributed by atoms with van der Waals surface area (Å²) in [5, 5.41) is 0.642. The van der Waals surface area contributed by atoms with Crippen molar-refractivity contribution in [2.24, 2.45) is 0 Å². The highest BCUT2D eigenvalue weighted by atomic mass is 79.9. The van der Waals surface area contributed by atoms with Crippen molar-refractivity contribution in [2.75, 3.05) is 0 Å². The molecule has 17 heavy (non-hydrogen) atoms. The lowest BCUT2D eigenvalue weighted by Crippen LogP contribution is -1.90. The van der Waals surface area contributed by atoms with Gasteiger partial charge in [-0.25, -0.2) is 0 Å². The number of ether oxygens (including phenoxy) is 1. The third kappa shape index (κ3) is 3.08. The fraction of sp³-hybridized carbons (Fsp3) is 0. The van der Waals surface area contributed by atoms with Gasteiger partial charge < -0.3 is 4.74 Å². The number of hydrogen-bond acceptors (Lipinski definition) is 2. The Morgan fingerprint density at radius 2 is 1.82 bits per heavy atom. The van der Waals surface area contributed by atoms with Crippen molar-refractivity contribution in [3.05, 3.63) is 57.5 Å². The molecule has 0 bridgehead atoms. The molecule has 0 aliphatic heterocycles. The summed E-state index contributed by atoms with van der Waals surface area (Å²) < 4.78 is 6.44. The Hall–Kier alpha value is -1.32. The Kier molecular flexibility index (Phi) is 3.82. The zero-order valence-corrected chi connectivity index (χ0v) is 11.0. The molecule has 0 aliphatic rings. The zero-order chi connectivity index (χ0) is 12.3. The van der Waals surface area contributed by atoms with Crippen molar-refractivity contribution in [1.82, 2.24) is 0 Å². The summed E-state index contributed by atoms with van der Waals surface area (Å²) in [4.78, 5) is 10.9. The molecule has 0 N–H and O–H groups in total. The van der Waals surface area contributed by atoms with Gasteiger partial charge in [0.1, 0.15) is 11.5 Å². The van der Waals surface area contributed by atoms with E-state index in [9.17, 15) is 4.79 Å². The van der Waals surface area contributed by atoms with E-state index in [0.29, 0.717) is 22.1 Å². The molecule has 0 unspecified atom stereocenters. The number of aldehydes is 1. The van der Waals surface area contributed by atoms with Crippen LogP contribution in [0.2, 0.25) is 5.02 Å². The van der Waals surface area contributed by atoms with Gasteiger partial charge in [0.15, 0.2) is 6.29 Å². The summed E-state index contributed by atoms with van der Waals surface area (Å²) in [5.74, 6) is 1.16. The molecule has 0 atom stereocenters. The SMILES string of the molecule is O=Cc1cc(Br)ccc1Oc1ccc(Cl)cc1. The number of carbonyl (C=O) groups excluding carboxylic acids is 1. The fourth-order valence-corrected chi connectivity index (χ4v) is 1.84. The highest BCUT2D eigenvalue weighted by Gasteiger charge is 2.05. The van der Waals surface area contributed by atoms with E-state index in [1.54, 1.807) is 36.4 Å². The van der Waals surface area contributed by atoms with Crippen LogP contribution in [-0.4, -0.2) is 6.29 Å². The second-order valence-electron chi connectivity index (χ2n) is 3.36. The topological polar surface area (TPSA) is 26.3 Å². The molecule has 0 fully saturated rings. The molecular formula is C13H8BrClO2. The lowest BCUT2D eigenvalue weighted by atomic mass is 10.2. The van der Waals surface area contributed by atoms with E-state index in [2.05, 4.69) is 15.9 Å². The smallest absolute Gasteiger partial charge is 0.153 e. The van der Waals surface area contributed by atoms with Gasteiger partial charge in [-0.2, -0.15) is 0 Å². The Morgan fingerprint density at radius 3 is 2.47 bits per heavy atom. The van der Waals surface area contributed by atoms with Gasteiger partial charge in [-0.1, -0.05) is 27.5 Å². The Balaban J connectivity index is 2.29. The number of carbonyl (C=O) groups is 1. The second kappa shape index (κ2) is 5.34. The largest absolute Gasteiger partial charge is 0.457 e. The van der Waals surface area contributed by atoms with E-state index >= 15 is 0 Å². The normalized spacial score (nSPS) is 10.0. The lowest BCUT2D eigenvalue weighted by molar-refractivity contribution is 0.112. The molecule has 0 radical (unpaired) electrons. The molecule has 0 saturated carbocycles. The van der Waals surface area contributed by atoms with E-state index in [1.165, 1.54) is 0 Å². The summed E-state index contributed by atoms with van der Waals surface area (Å²) >= 11 is 9.08. The van der Waals surface area contributed by atoms with Crippen molar-refractivity contribution < 1.29 is 9.53 Å². The minimum atomic E-state index is 0.495. The summed E-state index contributed by atoms with van der Waals surface area (Å²) in [6, 6.07) is 12.2. The summed E-state index contributed by atoms with van der Waals surface area (Å²) in [6.45, 7) is 0. The monoisotopic (exact) mass is 310 g/mol. The lowest BCUT2D eigenvalue weighted by Gasteiger charge is -2.08. The molecule has 4 heteroatoms. The van der Waals surface area contributed by atoms with Crippen LogP contribution in [0.3, 0.4) is 0 Å². The molecule has 2 nitrogen and oxygen atoms in total. The molecule has 0 aromatic heterocycles. The van der Waals surface area contributed by atoms with Crippen LogP contribution >= 0.6 is 27.5 Å². The van der Waals surface area contributed by atoms with Gasteiger partial charge in [0, 0.05) is 9.50 Å². The van der Waals surface area contributed by atoms with Crippen LogP contribution in [0, 0.1) is 0 Å². The third-order valence-electron chi connectivity index (χ3n) is 2.14. The summed E-state index contributed by atoms with van der Waals surface area (Å²) in [5.41, 5.74) is 0.495. The van der Waals surface area contributed by atoms with Crippen LogP contribution < -0.4 is 4.74 Å². The average Bonchev–Trinajstić information content (AvgIpc) is 2.34. The Labute approximate surface area is 112 Å². The van der Waals surface area contributed by atoms with E-state index < -0.39 is 0 Å². The van der Waals surface area contributed by atoms with Crippen molar-refractivity contribution in [3.8, 4) is 11.5 Å². The van der Waals surface area contributed by atoms with Crippen LogP contribution in [0.1, 0.15) is 10.4 Å². The maximum Gasteiger partial charge on any atom is 0.153 e. The molecular weight excluding hydrogens is 303 g/mol. The predicted octanol–water partition coefficient (Wildman–Crippen LogP) is 4.71. The molecule has 0 saturated heterocycles. The predicted molar refractivity (Wildman–Crippen MR) is 71.1 cm³/mol. The van der Waals surface area contributed by atoms with Crippen molar-refractivity contribution in [2.45, 2.75) is 0 Å². The van der Waals surface area contributed by atoms with Crippen molar-refractivity contribution in [1.29, 1.82) is 0 Å². The number of benzene rings is 2. The summed E-state index contributed by atoms with van der Waals surface area (Å²) in [7, 11) is 0. The summed E-state index contributed by atoms with van der Waals surface area (Å²) in [6.07, 6.45) is 0.760. The highest BCUT2D eigenvalue weighted by Crippen LogP contribution is 2.27. The van der Waals surface area contributed by atoms with Crippen LogP contribution in [0.15, 0.2) is 46.9 Å². The number of hydrogen-bond donors (Lipinski definition) is 0. The molecule has 0 spiro atoms. The van der Waals surface area contributed by atoms with Crippen LogP contribution in [0.5, 0.6) is 11.5 Å². The molecule has 86 valence electrons. The molecule has 2 rings (SSSR count). The second-order valence-corrected chi connectivity index (χ2v) is 4.71. The molecule has 0 amide bonds. The Bertz CT molecular complexity index is 538. The Morgan fingerprint density at radius 1 is 1.12 bits per heavy atom. The van der Waals surface area contributed by atoms with Gasteiger partial charge in [-0.3, -0.25) is 4.79 Å².